The van der Waals surface area contributed by atoms with Gasteiger partial charge in [-0.3, -0.25) is 0 Å². The van der Waals surface area contributed by atoms with E-state index in [-0.39, 0.29) is 5.97 Å². The van der Waals surface area contributed by atoms with Crippen LogP contribution < -0.4 is 5.32 Å². The Morgan fingerprint density at radius 1 is 1.53 bits per heavy atom. The average molecular weight is 302 g/mol. The molecule has 0 saturated carbocycles. The van der Waals surface area contributed by atoms with Gasteiger partial charge in [-0.15, -0.1) is 0 Å². The highest BCUT2D eigenvalue weighted by molar-refractivity contribution is 9.10. The Morgan fingerprint density at radius 3 is 2.82 bits per heavy atom. The summed E-state index contributed by atoms with van der Waals surface area (Å²) in [7, 11) is 0. The van der Waals surface area contributed by atoms with Crippen molar-refractivity contribution >= 4 is 27.7 Å². The van der Waals surface area contributed by atoms with Crippen LogP contribution in [0.2, 0.25) is 0 Å². The van der Waals surface area contributed by atoms with Crippen LogP contribution in [0, 0.1) is 0 Å². The first-order chi connectivity index (χ1) is 8.06. The maximum Gasteiger partial charge on any atom is 0.328 e. The Bertz CT molecular complexity index is 398. The summed E-state index contributed by atoms with van der Waals surface area (Å²) < 4.78 is 5.60. The number of nitrogens with zero attached hydrogens (tertiary/aromatic N) is 2. The van der Waals surface area contributed by atoms with Crippen molar-refractivity contribution in [3.8, 4) is 0 Å². The van der Waals surface area contributed by atoms with Gasteiger partial charge in [-0.1, -0.05) is 6.92 Å². The molecule has 0 bridgehead atoms. The van der Waals surface area contributed by atoms with Gasteiger partial charge in [0.05, 0.1) is 6.61 Å². The van der Waals surface area contributed by atoms with Crippen LogP contribution in [0.15, 0.2) is 10.7 Å². The third kappa shape index (κ3) is 4.30. The number of hydrogen-bond acceptors (Lipinski definition) is 5. The fourth-order valence-corrected chi connectivity index (χ4v) is 1.67. The van der Waals surface area contributed by atoms with Gasteiger partial charge in [-0.25, -0.2) is 14.8 Å². The van der Waals surface area contributed by atoms with Gasteiger partial charge < -0.3 is 10.1 Å². The van der Waals surface area contributed by atoms with Gasteiger partial charge in [-0.2, -0.15) is 0 Å². The zero-order valence-corrected chi connectivity index (χ0v) is 11.7. The SMILES string of the molecule is CCOC(=O)C(C)Nc1cc(Br)nc(CC)n1. The fourth-order valence-electron chi connectivity index (χ4n) is 1.24. The third-order valence-corrected chi connectivity index (χ3v) is 2.47. The number of halogens is 1. The monoisotopic (exact) mass is 301 g/mol. The van der Waals surface area contributed by atoms with Crippen LogP contribution in [0.25, 0.3) is 0 Å². The van der Waals surface area contributed by atoms with Crippen molar-refractivity contribution in [3.05, 3.63) is 16.5 Å². The van der Waals surface area contributed by atoms with Gasteiger partial charge in [-0.05, 0) is 29.8 Å². The van der Waals surface area contributed by atoms with Crippen LogP contribution in [-0.4, -0.2) is 28.6 Å². The molecule has 0 spiro atoms. The molecule has 0 aliphatic heterocycles. The van der Waals surface area contributed by atoms with Gasteiger partial charge >= 0.3 is 5.97 Å². The maximum absolute atomic E-state index is 11.4. The van der Waals surface area contributed by atoms with Gasteiger partial charge in [0.25, 0.3) is 0 Å². The zero-order chi connectivity index (χ0) is 12.8. The lowest BCUT2D eigenvalue weighted by atomic mass is 10.3. The van der Waals surface area contributed by atoms with Crippen LogP contribution in [0.1, 0.15) is 26.6 Å². The smallest absolute Gasteiger partial charge is 0.328 e. The Balaban J connectivity index is 2.73. The Kier molecular flexibility index (Phi) is 5.34. The van der Waals surface area contributed by atoms with Gasteiger partial charge in [0.1, 0.15) is 22.3 Å². The lowest BCUT2D eigenvalue weighted by Gasteiger charge is -2.13. The lowest BCUT2D eigenvalue weighted by Crippen LogP contribution is -2.28. The summed E-state index contributed by atoms with van der Waals surface area (Å²) in [5, 5.41) is 2.99. The molecule has 1 unspecified atom stereocenters. The van der Waals surface area contributed by atoms with Gasteiger partial charge in [0.15, 0.2) is 0 Å². The molecule has 6 heteroatoms. The quantitative estimate of drug-likeness (QED) is 0.667. The van der Waals surface area contributed by atoms with E-state index in [0.717, 1.165) is 12.2 Å². The van der Waals surface area contributed by atoms with Crippen molar-refractivity contribution in [1.82, 2.24) is 9.97 Å². The van der Waals surface area contributed by atoms with E-state index in [1.54, 1.807) is 19.9 Å². The summed E-state index contributed by atoms with van der Waals surface area (Å²) in [4.78, 5) is 19.9. The molecule has 1 aromatic rings. The van der Waals surface area contributed by atoms with E-state index in [1.165, 1.54) is 0 Å². The number of aryl methyl sites for hydroxylation is 1. The Hall–Kier alpha value is -1.17. The minimum atomic E-state index is -0.429. The number of aromatic nitrogens is 2. The van der Waals surface area contributed by atoms with Crippen molar-refractivity contribution in [2.75, 3.05) is 11.9 Å². The van der Waals surface area contributed by atoms with Gasteiger partial charge in [0, 0.05) is 12.5 Å². The first-order valence-corrected chi connectivity index (χ1v) is 6.32. The number of hydrogen-bond donors (Lipinski definition) is 1. The number of ether oxygens (including phenoxy) is 1. The Labute approximate surface area is 109 Å². The standard InChI is InChI=1S/C11H16BrN3O2/c1-4-9-14-8(12)6-10(15-9)13-7(3)11(16)17-5-2/h6-7H,4-5H2,1-3H3,(H,13,14,15). The highest BCUT2D eigenvalue weighted by atomic mass is 79.9. The van der Waals surface area contributed by atoms with Crippen molar-refractivity contribution in [3.63, 3.8) is 0 Å². The molecule has 0 aliphatic rings. The molecule has 1 aromatic heterocycles. The number of nitrogens with one attached hydrogen (secondary N) is 1. The molecule has 1 rings (SSSR count). The van der Waals surface area contributed by atoms with Crippen molar-refractivity contribution < 1.29 is 9.53 Å². The molecular formula is C11H16BrN3O2. The second kappa shape index (κ2) is 6.54. The third-order valence-electron chi connectivity index (χ3n) is 2.06. The van der Waals surface area contributed by atoms with Crippen molar-refractivity contribution in [2.24, 2.45) is 0 Å². The normalized spacial score (nSPS) is 12.0. The largest absolute Gasteiger partial charge is 0.464 e. The molecule has 0 aromatic carbocycles. The van der Waals surface area contributed by atoms with Crippen LogP contribution >= 0.6 is 15.9 Å². The van der Waals surface area contributed by atoms with Crippen LogP contribution in [-0.2, 0) is 16.0 Å². The highest BCUT2D eigenvalue weighted by Gasteiger charge is 2.14. The Morgan fingerprint density at radius 2 is 2.24 bits per heavy atom. The number of carbonyl (C=O) groups excluding carboxylic acids is 1. The number of carbonyl (C=O) groups is 1. The van der Waals surface area contributed by atoms with Crippen molar-refractivity contribution in [1.29, 1.82) is 0 Å². The van der Waals surface area contributed by atoms with E-state index < -0.39 is 6.04 Å². The summed E-state index contributed by atoms with van der Waals surface area (Å²) >= 11 is 3.30. The van der Waals surface area contributed by atoms with E-state index in [0.29, 0.717) is 17.0 Å². The van der Waals surface area contributed by atoms with E-state index in [2.05, 4.69) is 31.2 Å². The summed E-state index contributed by atoms with van der Waals surface area (Å²) in [6.07, 6.45) is 0.738. The first-order valence-electron chi connectivity index (χ1n) is 5.53. The molecule has 0 saturated heterocycles. The van der Waals surface area contributed by atoms with Crippen LogP contribution in [0.5, 0.6) is 0 Å². The molecular weight excluding hydrogens is 286 g/mol. The topological polar surface area (TPSA) is 64.1 Å². The number of esters is 1. The average Bonchev–Trinajstić information content (AvgIpc) is 2.28. The minimum Gasteiger partial charge on any atom is -0.464 e. The highest BCUT2D eigenvalue weighted by Crippen LogP contribution is 2.13. The molecule has 94 valence electrons. The molecule has 0 amide bonds. The van der Waals surface area contributed by atoms with E-state index in [9.17, 15) is 4.79 Å². The molecule has 5 nitrogen and oxygen atoms in total. The first kappa shape index (κ1) is 13.9. The zero-order valence-electron chi connectivity index (χ0n) is 10.2. The molecule has 1 atom stereocenters. The molecule has 0 radical (unpaired) electrons. The van der Waals surface area contributed by atoms with Crippen LogP contribution in [0.3, 0.4) is 0 Å². The molecule has 1 heterocycles. The minimum absolute atomic E-state index is 0.291. The molecule has 17 heavy (non-hydrogen) atoms. The van der Waals surface area contributed by atoms with E-state index >= 15 is 0 Å². The van der Waals surface area contributed by atoms with E-state index in [1.807, 2.05) is 6.92 Å². The fraction of sp³-hybridized carbons (Fsp3) is 0.545. The summed E-state index contributed by atoms with van der Waals surface area (Å²) in [5.74, 6) is 1.04. The summed E-state index contributed by atoms with van der Waals surface area (Å²) in [6.45, 7) is 5.86. The number of anilines is 1. The van der Waals surface area contributed by atoms with E-state index in [4.69, 9.17) is 4.74 Å². The maximum atomic E-state index is 11.4. The second-order valence-corrected chi connectivity index (χ2v) is 4.28. The van der Waals surface area contributed by atoms with Gasteiger partial charge in [0.2, 0.25) is 0 Å². The predicted molar refractivity (Wildman–Crippen MR) is 68.8 cm³/mol. The molecule has 1 N–H and O–H groups in total. The summed E-state index contributed by atoms with van der Waals surface area (Å²) in [6, 6.07) is 1.30. The van der Waals surface area contributed by atoms with Crippen LogP contribution in [0.4, 0.5) is 5.82 Å². The number of rotatable bonds is 5. The summed E-state index contributed by atoms with van der Waals surface area (Å²) in [5.41, 5.74) is 0. The molecule has 0 aliphatic carbocycles. The van der Waals surface area contributed by atoms with Crippen molar-refractivity contribution in [2.45, 2.75) is 33.2 Å². The molecule has 0 fully saturated rings. The lowest BCUT2D eigenvalue weighted by molar-refractivity contribution is -0.143. The second-order valence-electron chi connectivity index (χ2n) is 3.46. The predicted octanol–water partition coefficient (Wildman–Crippen LogP) is 2.17.